The number of Topliss-reactive ketones (excluding diaryl/α,β-unsaturated/α-hetero) is 1. The van der Waals surface area contributed by atoms with E-state index in [4.69, 9.17) is 18.9 Å². The van der Waals surface area contributed by atoms with Gasteiger partial charge in [-0.3, -0.25) is 38.6 Å². The molecule has 0 bridgehead atoms. The molecule has 3 aliphatic heterocycles. The molecule has 0 radical (unpaired) electrons. The maximum atomic E-state index is 14.8. The second kappa shape index (κ2) is 29.7. The van der Waals surface area contributed by atoms with Gasteiger partial charge in [-0.1, -0.05) is 115 Å². The molecule has 7 amide bonds. The lowest BCUT2D eigenvalue weighted by Gasteiger charge is -2.35. The van der Waals surface area contributed by atoms with Crippen molar-refractivity contribution < 1.29 is 57.3 Å². The van der Waals surface area contributed by atoms with E-state index in [0.29, 0.717) is 63.2 Å². The highest BCUT2D eigenvalue weighted by Gasteiger charge is 2.58. The second-order valence-electron chi connectivity index (χ2n) is 29.3. The highest BCUT2D eigenvalue weighted by molar-refractivity contribution is 8.00. The van der Waals surface area contributed by atoms with E-state index < -0.39 is 94.1 Å². The Bertz CT molecular complexity index is 2720. The monoisotopic (exact) mass is 1290 g/mol. The minimum atomic E-state index is -0.899. The first kappa shape index (κ1) is 70.5. The van der Waals surface area contributed by atoms with Gasteiger partial charge in [-0.05, 0) is 139 Å². The summed E-state index contributed by atoms with van der Waals surface area (Å²) in [5.74, 6) is -1.69. The average Bonchev–Trinajstić information content (AvgIpc) is 1.62. The molecule has 1 saturated carbocycles. The van der Waals surface area contributed by atoms with Crippen molar-refractivity contribution in [2.45, 2.75) is 249 Å². The van der Waals surface area contributed by atoms with Crippen LogP contribution in [0.2, 0.25) is 0 Å². The van der Waals surface area contributed by atoms with Crippen molar-refractivity contribution in [3.05, 3.63) is 70.8 Å². The van der Waals surface area contributed by atoms with Crippen molar-refractivity contribution in [1.82, 2.24) is 36.0 Å². The van der Waals surface area contributed by atoms with Crippen LogP contribution in [0.25, 0.3) is 0 Å². The number of nitrogens with zero attached hydrogens (tertiary/aromatic N) is 3. The molecule has 13 atom stereocenters. The van der Waals surface area contributed by atoms with E-state index in [1.807, 2.05) is 44.2 Å². The lowest BCUT2D eigenvalue weighted by atomic mass is 9.75. The number of ether oxygens (including phenoxy) is 4. The molecule has 19 nitrogen and oxygen atoms in total. The third-order valence-corrected chi connectivity index (χ3v) is 21.8. The molecule has 4 fully saturated rings. The van der Waals surface area contributed by atoms with E-state index in [2.05, 4.69) is 53.3 Å². The van der Waals surface area contributed by atoms with Crippen LogP contribution in [0.3, 0.4) is 0 Å². The van der Waals surface area contributed by atoms with E-state index in [-0.39, 0.29) is 52.4 Å². The minimum absolute atomic E-state index is 0.0679. The Morgan fingerprint density at radius 2 is 1.04 bits per heavy atom. The highest BCUT2D eigenvalue weighted by Crippen LogP contribution is 2.54. The van der Waals surface area contributed by atoms with Gasteiger partial charge in [0.15, 0.2) is 5.78 Å². The third-order valence-electron chi connectivity index (χ3n) is 19.1. The number of rotatable bonds is 23. The van der Waals surface area contributed by atoms with Crippen molar-refractivity contribution in [3.63, 3.8) is 0 Å². The fourth-order valence-corrected chi connectivity index (χ4v) is 17.4. The Balaban J connectivity index is 0.769. The van der Waals surface area contributed by atoms with Gasteiger partial charge in [-0.2, -0.15) is 11.8 Å². The van der Waals surface area contributed by atoms with E-state index in [0.717, 1.165) is 73.6 Å². The van der Waals surface area contributed by atoms with E-state index in [9.17, 15) is 38.4 Å². The fourth-order valence-electron chi connectivity index (χ4n) is 14.1. The Kier molecular flexibility index (Phi) is 23.3. The van der Waals surface area contributed by atoms with Gasteiger partial charge in [0.2, 0.25) is 29.5 Å². The lowest BCUT2D eigenvalue weighted by molar-refractivity contribution is -0.144. The van der Waals surface area contributed by atoms with Crippen LogP contribution in [-0.2, 0) is 60.6 Å². The number of benzene rings is 2. The topological polar surface area (TPSA) is 231 Å². The molecular weight excluding hydrogens is 1180 g/mol. The number of unbranched alkanes of at least 4 members (excludes halogenated alkanes) is 7. The number of carbonyl (C=O) groups is 8. The number of thioether (sulfide) groups is 2. The summed E-state index contributed by atoms with van der Waals surface area (Å²) in [6.45, 7) is 23.1. The van der Waals surface area contributed by atoms with Gasteiger partial charge in [0.1, 0.15) is 35.4 Å². The third kappa shape index (κ3) is 17.1. The zero-order valence-corrected chi connectivity index (χ0v) is 57.5. The van der Waals surface area contributed by atoms with E-state index in [1.54, 1.807) is 83.8 Å². The maximum Gasteiger partial charge on any atom is 0.410 e. The molecule has 0 spiro atoms. The Labute approximate surface area is 543 Å². The normalized spacial score (nSPS) is 27.4. The van der Waals surface area contributed by atoms with Crippen LogP contribution in [-0.4, -0.2) is 165 Å². The summed E-state index contributed by atoms with van der Waals surface area (Å²) in [5.41, 5.74) is 1.82. The highest BCUT2D eigenvalue weighted by atomic mass is 32.2. The van der Waals surface area contributed by atoms with Crippen molar-refractivity contribution in [2.75, 3.05) is 38.8 Å². The summed E-state index contributed by atoms with van der Waals surface area (Å²) in [7, 11) is 3.01. The largest absolute Gasteiger partial charge is 0.444 e. The number of carbonyl (C=O) groups excluding carboxylic acids is 8. The van der Waals surface area contributed by atoms with Crippen molar-refractivity contribution in [3.8, 4) is 0 Å². The van der Waals surface area contributed by atoms with Crippen LogP contribution in [0.15, 0.2) is 48.5 Å². The average molecular weight is 1290 g/mol. The number of ketones is 1. The fraction of sp³-hybridized carbons (Fsp3) is 0.710. The summed E-state index contributed by atoms with van der Waals surface area (Å²) >= 11 is 3.34. The molecule has 90 heavy (non-hydrogen) atoms. The SMILES string of the molecule is C[C@@H](C(=O)N[C@H]1CCS[C@H]2CC(C)(C)[C@@H](C(=O)N[C@H]3c4ccccc4C[C@H]3OCCCCCCCCCCO[C@@H]3Cc4ccccc4[C@@H]3NC(=O)[C@H]3N4C(=O)[C@@H](NC(=O)[C@H](C)N(C)C(=O)OC(C)(C)C)CCS[C@H]4CC3(C)C)C2C1=O)N(C)C(=O)OC(C)(C)C. The first-order valence-electron chi connectivity index (χ1n) is 33.0. The first-order chi connectivity index (χ1) is 42.4. The van der Waals surface area contributed by atoms with Crippen molar-refractivity contribution in [2.24, 2.45) is 22.7 Å². The number of amides is 7. The molecule has 1 unspecified atom stereocenters. The molecule has 2 aromatic carbocycles. The quantitative estimate of drug-likeness (QED) is 0.0759. The predicted molar refractivity (Wildman–Crippen MR) is 350 cm³/mol. The van der Waals surface area contributed by atoms with Crippen molar-refractivity contribution >= 4 is 71.0 Å². The summed E-state index contributed by atoms with van der Waals surface area (Å²) in [6, 6.07) is 11.3. The molecule has 21 heteroatoms. The minimum Gasteiger partial charge on any atom is -0.444 e. The van der Waals surface area contributed by atoms with Gasteiger partial charge in [0.05, 0.1) is 41.6 Å². The van der Waals surface area contributed by atoms with Crippen LogP contribution >= 0.6 is 23.5 Å². The number of nitrogens with one attached hydrogen (secondary N) is 4. The zero-order valence-electron chi connectivity index (χ0n) is 55.9. The molecule has 0 aromatic heterocycles. The van der Waals surface area contributed by atoms with E-state index in [1.165, 1.54) is 23.9 Å². The number of fused-ring (bicyclic) bond motifs is 4. The molecule has 498 valence electrons. The molecule has 6 aliphatic rings. The van der Waals surface area contributed by atoms with Crippen LogP contribution in [0.5, 0.6) is 0 Å². The molecular formula is C69H103N7O12S2. The van der Waals surface area contributed by atoms with Gasteiger partial charge in [-0.15, -0.1) is 11.8 Å². The lowest BCUT2D eigenvalue weighted by Crippen LogP contribution is -2.58. The van der Waals surface area contributed by atoms with Gasteiger partial charge < -0.3 is 45.1 Å². The molecule has 2 aromatic rings. The Morgan fingerprint density at radius 1 is 0.600 bits per heavy atom. The smallest absolute Gasteiger partial charge is 0.410 e. The van der Waals surface area contributed by atoms with Crippen LogP contribution in [0, 0.1) is 22.7 Å². The summed E-state index contributed by atoms with van der Waals surface area (Å²) in [4.78, 5) is 116. The van der Waals surface area contributed by atoms with Gasteiger partial charge >= 0.3 is 12.2 Å². The second-order valence-corrected chi connectivity index (χ2v) is 32.0. The van der Waals surface area contributed by atoms with Gasteiger partial charge in [-0.25, -0.2) is 9.59 Å². The summed E-state index contributed by atoms with van der Waals surface area (Å²) in [5, 5.41) is 12.3. The standard InChI is InChI=1S/C69H103N7O12S2/c1-41(74(13)64(83)87-66(3,4)5)59(78)70-47-31-35-89-51-39-68(9,10)54(53(51)57(47)77)61(80)72-55-45-29-23-21-27-43(45)37-49(55)85-33-25-19-17-15-16-18-20-26-34-86-50-38-44-28-22-24-30-46(44)56(50)73-62(81)58-69(11,12)40-52-76(58)63(82)48(32-36-90-52)71-60(79)42(2)75(14)65(84)88-67(6,7)8/h21-24,27-30,41-42,47-56,58H,15-20,25-26,31-40H2,1-14H3,(H,70,78)(H,71,79)(H,72,80)(H,73,81)/t41-,42-,47-,48-,49+,50+,51-,52-,53?,54+,55-,56-,58+/m0/s1. The molecule has 3 aliphatic carbocycles. The molecule has 8 rings (SSSR count). The van der Waals surface area contributed by atoms with E-state index >= 15 is 0 Å². The predicted octanol–water partition coefficient (Wildman–Crippen LogP) is 10.0. The Hall–Kier alpha value is -5.38. The van der Waals surface area contributed by atoms with Gasteiger partial charge in [0, 0.05) is 51.3 Å². The van der Waals surface area contributed by atoms with Crippen molar-refractivity contribution in [1.29, 1.82) is 0 Å². The number of likely N-dealkylation sites (N-methyl/N-ethyl adjacent to an activating group) is 2. The molecule has 4 N–H and O–H groups in total. The van der Waals surface area contributed by atoms with Crippen LogP contribution in [0.4, 0.5) is 9.59 Å². The molecule has 3 heterocycles. The van der Waals surface area contributed by atoms with Crippen LogP contribution in [0.1, 0.15) is 194 Å². The Morgan fingerprint density at radius 3 is 1.54 bits per heavy atom. The summed E-state index contributed by atoms with van der Waals surface area (Å²) < 4.78 is 24.2. The first-order valence-corrected chi connectivity index (χ1v) is 35.1. The molecule has 3 saturated heterocycles. The number of hydrogen-bond acceptors (Lipinski definition) is 14. The summed E-state index contributed by atoms with van der Waals surface area (Å²) in [6.07, 6.45) is 9.92. The van der Waals surface area contributed by atoms with Gasteiger partial charge in [0.25, 0.3) is 0 Å². The zero-order chi connectivity index (χ0) is 65.6. The van der Waals surface area contributed by atoms with Crippen LogP contribution < -0.4 is 21.3 Å². The number of hydrogen-bond donors (Lipinski definition) is 4. The maximum absolute atomic E-state index is 14.8.